The van der Waals surface area contributed by atoms with E-state index in [0.29, 0.717) is 11.8 Å². The summed E-state index contributed by atoms with van der Waals surface area (Å²) in [6.45, 7) is 2.01. The van der Waals surface area contributed by atoms with Crippen LogP contribution in [0, 0.1) is 0 Å². The molecule has 0 spiro atoms. The zero-order valence-corrected chi connectivity index (χ0v) is 12.0. The Balaban J connectivity index is 1.77. The molecular formula is C11H11N5OS2. The molecule has 1 atom stereocenters. The van der Waals surface area contributed by atoms with Crippen LogP contribution in [0.5, 0.6) is 0 Å². The lowest BCUT2D eigenvalue weighted by atomic mass is 10.5. The van der Waals surface area contributed by atoms with Crippen molar-refractivity contribution in [2.75, 3.05) is 0 Å². The molecule has 0 bridgehead atoms. The Morgan fingerprint density at radius 2 is 2.26 bits per heavy atom. The van der Waals surface area contributed by atoms with Crippen molar-refractivity contribution in [2.24, 2.45) is 7.05 Å². The van der Waals surface area contributed by atoms with Crippen molar-refractivity contribution in [2.45, 2.75) is 17.3 Å². The Bertz CT molecular complexity index is 660. The highest BCUT2D eigenvalue weighted by atomic mass is 32.2. The molecule has 3 rings (SSSR count). The van der Waals surface area contributed by atoms with Gasteiger partial charge in [0.15, 0.2) is 5.16 Å². The third-order valence-corrected chi connectivity index (χ3v) is 4.47. The lowest BCUT2D eigenvalue weighted by Crippen LogP contribution is -1.94. The first kappa shape index (κ1) is 12.4. The van der Waals surface area contributed by atoms with Crippen LogP contribution >= 0.6 is 23.1 Å². The summed E-state index contributed by atoms with van der Waals surface area (Å²) in [5, 5.41) is 18.9. The summed E-state index contributed by atoms with van der Waals surface area (Å²) >= 11 is 3.12. The summed E-state index contributed by atoms with van der Waals surface area (Å²) in [6.07, 6.45) is 1.67. The number of nitrogens with zero attached hydrogens (tertiary/aromatic N) is 5. The lowest BCUT2D eigenvalue weighted by Gasteiger charge is -2.04. The first-order valence-corrected chi connectivity index (χ1v) is 7.38. The fraction of sp³-hybridized carbons (Fsp3) is 0.273. The molecule has 0 aromatic carbocycles. The second-order valence-corrected chi connectivity index (χ2v) is 6.16. The van der Waals surface area contributed by atoms with Gasteiger partial charge in [-0.1, -0.05) is 17.8 Å². The first-order chi connectivity index (χ1) is 9.24. The van der Waals surface area contributed by atoms with Crippen molar-refractivity contribution in [1.82, 2.24) is 25.0 Å². The van der Waals surface area contributed by atoms with Crippen molar-refractivity contribution in [3.63, 3.8) is 0 Å². The van der Waals surface area contributed by atoms with E-state index in [9.17, 15) is 0 Å². The van der Waals surface area contributed by atoms with Crippen molar-refractivity contribution in [1.29, 1.82) is 0 Å². The molecule has 0 fully saturated rings. The van der Waals surface area contributed by atoms with Gasteiger partial charge in [-0.3, -0.25) is 0 Å². The van der Waals surface area contributed by atoms with Crippen molar-refractivity contribution >= 4 is 23.1 Å². The molecule has 3 aromatic rings. The molecule has 0 aliphatic carbocycles. The predicted octanol–water partition coefficient (Wildman–Crippen LogP) is 2.78. The van der Waals surface area contributed by atoms with Crippen molar-refractivity contribution < 1.29 is 4.42 Å². The summed E-state index contributed by atoms with van der Waals surface area (Å²) < 4.78 is 7.55. The maximum atomic E-state index is 5.69. The zero-order valence-electron chi connectivity index (χ0n) is 10.3. The summed E-state index contributed by atoms with van der Waals surface area (Å²) in [5.74, 6) is 1.16. The van der Waals surface area contributed by atoms with Crippen LogP contribution in [-0.2, 0) is 7.05 Å². The Morgan fingerprint density at radius 1 is 1.37 bits per heavy atom. The number of thioether (sulfide) groups is 1. The fourth-order valence-corrected chi connectivity index (χ4v) is 2.95. The number of rotatable bonds is 4. The molecule has 8 heteroatoms. The maximum absolute atomic E-state index is 5.69. The van der Waals surface area contributed by atoms with E-state index in [-0.39, 0.29) is 5.25 Å². The monoisotopic (exact) mass is 293 g/mol. The highest BCUT2D eigenvalue weighted by molar-refractivity contribution is 7.99. The third kappa shape index (κ3) is 2.54. The predicted molar refractivity (Wildman–Crippen MR) is 72.9 cm³/mol. The second-order valence-electron chi connectivity index (χ2n) is 3.91. The standard InChI is InChI=1S/C11H11N5OS2/c1-7(19-11-15-12-6-16(11)2)9-13-14-10(17-9)8-4-3-5-18-8/h3-7H,1-2H3/t7-/m0/s1. The maximum Gasteiger partial charge on any atom is 0.257 e. The van der Waals surface area contributed by atoms with Crippen molar-refractivity contribution in [3.05, 3.63) is 29.7 Å². The van der Waals surface area contributed by atoms with Crippen LogP contribution in [0.2, 0.25) is 0 Å². The molecular weight excluding hydrogens is 282 g/mol. The fourth-order valence-electron chi connectivity index (χ4n) is 1.49. The minimum Gasteiger partial charge on any atom is -0.419 e. The van der Waals surface area contributed by atoms with Crippen molar-refractivity contribution in [3.8, 4) is 10.8 Å². The van der Waals surface area contributed by atoms with Crippen LogP contribution in [-0.4, -0.2) is 25.0 Å². The van der Waals surface area contributed by atoms with Gasteiger partial charge < -0.3 is 8.98 Å². The number of hydrogen-bond donors (Lipinski definition) is 0. The van der Waals surface area contributed by atoms with Gasteiger partial charge in [-0.2, -0.15) is 0 Å². The normalized spacial score (nSPS) is 12.7. The molecule has 3 heterocycles. The minimum absolute atomic E-state index is 0.0316. The van der Waals surface area contributed by atoms with Crippen LogP contribution in [0.1, 0.15) is 18.1 Å². The van der Waals surface area contributed by atoms with Gasteiger partial charge >= 0.3 is 0 Å². The van der Waals surface area contributed by atoms with E-state index in [4.69, 9.17) is 4.42 Å². The summed E-state index contributed by atoms with van der Waals surface area (Å²) in [6, 6.07) is 3.92. The highest BCUT2D eigenvalue weighted by Gasteiger charge is 2.18. The molecule has 0 amide bonds. The second kappa shape index (κ2) is 5.14. The van der Waals surface area contributed by atoms with Crippen LogP contribution in [0.15, 0.2) is 33.4 Å². The summed E-state index contributed by atoms with van der Waals surface area (Å²) in [4.78, 5) is 0.981. The van der Waals surface area contributed by atoms with Gasteiger partial charge in [-0.05, 0) is 18.4 Å². The summed E-state index contributed by atoms with van der Waals surface area (Å²) in [5.41, 5.74) is 0. The number of aromatic nitrogens is 5. The SMILES string of the molecule is C[C@H](Sc1nncn1C)c1nnc(-c2cccs2)o1. The Morgan fingerprint density at radius 3 is 2.95 bits per heavy atom. The molecule has 0 unspecified atom stereocenters. The Kier molecular flexibility index (Phi) is 3.34. The molecule has 19 heavy (non-hydrogen) atoms. The quantitative estimate of drug-likeness (QED) is 0.689. The van der Waals surface area contributed by atoms with Gasteiger partial charge in [0.25, 0.3) is 5.89 Å². The topological polar surface area (TPSA) is 69.6 Å². The Labute approximate surface area is 117 Å². The van der Waals surface area contributed by atoms with Gasteiger partial charge in [0, 0.05) is 7.05 Å². The molecule has 0 radical (unpaired) electrons. The molecule has 0 aliphatic rings. The number of hydrogen-bond acceptors (Lipinski definition) is 7. The van der Waals surface area contributed by atoms with E-state index in [2.05, 4.69) is 20.4 Å². The van der Waals surface area contributed by atoms with Gasteiger partial charge in [0.05, 0.1) is 10.1 Å². The van der Waals surface area contributed by atoms with E-state index in [1.807, 2.05) is 36.1 Å². The van der Waals surface area contributed by atoms with E-state index in [1.54, 1.807) is 17.7 Å². The average molecular weight is 293 g/mol. The van der Waals surface area contributed by atoms with E-state index in [0.717, 1.165) is 10.0 Å². The van der Waals surface area contributed by atoms with Gasteiger partial charge in [0.1, 0.15) is 6.33 Å². The number of aryl methyl sites for hydroxylation is 1. The number of thiophene rings is 1. The van der Waals surface area contributed by atoms with Crippen LogP contribution in [0.3, 0.4) is 0 Å². The minimum atomic E-state index is 0.0316. The lowest BCUT2D eigenvalue weighted by molar-refractivity contribution is 0.509. The molecule has 0 aliphatic heterocycles. The van der Waals surface area contributed by atoms with E-state index < -0.39 is 0 Å². The van der Waals surface area contributed by atoms with Gasteiger partial charge in [0.2, 0.25) is 5.89 Å². The molecule has 0 N–H and O–H groups in total. The van der Waals surface area contributed by atoms with Gasteiger partial charge in [-0.25, -0.2) is 0 Å². The molecule has 3 aromatic heterocycles. The molecule has 0 saturated carbocycles. The molecule has 6 nitrogen and oxygen atoms in total. The molecule has 98 valence electrons. The van der Waals surface area contributed by atoms with Crippen LogP contribution < -0.4 is 0 Å². The molecule has 0 saturated heterocycles. The third-order valence-electron chi connectivity index (χ3n) is 2.47. The highest BCUT2D eigenvalue weighted by Crippen LogP contribution is 2.34. The zero-order chi connectivity index (χ0) is 13.2. The first-order valence-electron chi connectivity index (χ1n) is 5.62. The smallest absolute Gasteiger partial charge is 0.257 e. The van der Waals surface area contributed by atoms with E-state index >= 15 is 0 Å². The van der Waals surface area contributed by atoms with E-state index in [1.165, 1.54) is 11.8 Å². The largest absolute Gasteiger partial charge is 0.419 e. The Hall–Kier alpha value is -1.67. The average Bonchev–Trinajstić information content (AvgIpc) is 3.09. The van der Waals surface area contributed by atoms with Gasteiger partial charge in [-0.15, -0.1) is 31.7 Å². The van der Waals surface area contributed by atoms with Crippen LogP contribution in [0.25, 0.3) is 10.8 Å². The summed E-state index contributed by atoms with van der Waals surface area (Å²) in [7, 11) is 1.90. The van der Waals surface area contributed by atoms with Crippen LogP contribution in [0.4, 0.5) is 0 Å².